The van der Waals surface area contributed by atoms with Gasteiger partial charge in [-0.05, 0) is 17.9 Å². The van der Waals surface area contributed by atoms with Crippen LogP contribution in [0.4, 0.5) is 0 Å². The van der Waals surface area contributed by atoms with Gasteiger partial charge in [0.1, 0.15) is 0 Å². The molecule has 0 bridgehead atoms. The fourth-order valence-electron chi connectivity index (χ4n) is 1.42. The molecule has 0 saturated carbocycles. The molecule has 0 saturated heterocycles. The third-order valence-corrected chi connectivity index (χ3v) is 3.37. The lowest BCUT2D eigenvalue weighted by Gasteiger charge is -2.12. The summed E-state index contributed by atoms with van der Waals surface area (Å²) >= 11 is 7.78. The molecule has 102 valence electrons. The van der Waals surface area contributed by atoms with E-state index in [0.717, 1.165) is 17.9 Å². The second-order valence-electron chi connectivity index (χ2n) is 3.96. The van der Waals surface area contributed by atoms with Gasteiger partial charge < -0.3 is 15.2 Å². The number of ether oxygens (including phenoxy) is 1. The van der Waals surface area contributed by atoms with E-state index in [2.05, 4.69) is 11.6 Å². The Balaban J connectivity index is 2.12. The number of halogens is 1. The Morgan fingerprint density at radius 2 is 2.22 bits per heavy atom. The number of aliphatic hydroxyl groups excluding tert-OH is 1. The second-order valence-corrected chi connectivity index (χ2v) is 5.35. The first-order chi connectivity index (χ1) is 8.74. The highest BCUT2D eigenvalue weighted by Gasteiger charge is 2.05. The molecule has 0 aliphatic heterocycles. The van der Waals surface area contributed by atoms with Crippen molar-refractivity contribution in [1.82, 2.24) is 5.32 Å². The van der Waals surface area contributed by atoms with E-state index in [1.54, 1.807) is 11.8 Å². The van der Waals surface area contributed by atoms with Crippen molar-refractivity contribution >= 4 is 23.4 Å². The van der Waals surface area contributed by atoms with E-state index in [4.69, 9.17) is 16.3 Å². The van der Waals surface area contributed by atoms with Gasteiger partial charge in [0.15, 0.2) is 0 Å². The van der Waals surface area contributed by atoms with Crippen LogP contribution in [0.1, 0.15) is 5.56 Å². The van der Waals surface area contributed by atoms with E-state index in [0.29, 0.717) is 24.8 Å². The van der Waals surface area contributed by atoms with Crippen LogP contribution < -0.4 is 5.32 Å². The standard InChI is InChI=1S/C13H20ClNO2S/c1-18-7-6-15-8-12(16)10-17-9-11-4-2-3-5-13(11)14/h2-5,12,15-16H,6-10H2,1H3. The summed E-state index contributed by atoms with van der Waals surface area (Å²) in [6.07, 6.45) is 1.58. The number of hydrogen-bond donors (Lipinski definition) is 2. The lowest BCUT2D eigenvalue weighted by Crippen LogP contribution is -2.31. The monoisotopic (exact) mass is 289 g/mol. The molecule has 1 unspecified atom stereocenters. The van der Waals surface area contributed by atoms with Gasteiger partial charge in [0.25, 0.3) is 0 Å². The predicted octanol–water partition coefficient (Wildman–Crippen LogP) is 2.17. The topological polar surface area (TPSA) is 41.5 Å². The number of nitrogens with one attached hydrogen (secondary N) is 1. The van der Waals surface area contributed by atoms with Crippen molar-refractivity contribution in [3.8, 4) is 0 Å². The summed E-state index contributed by atoms with van der Waals surface area (Å²) in [5.74, 6) is 1.05. The largest absolute Gasteiger partial charge is 0.389 e. The van der Waals surface area contributed by atoms with Crippen LogP contribution in [0.2, 0.25) is 5.02 Å². The van der Waals surface area contributed by atoms with Crippen LogP contribution in [0.25, 0.3) is 0 Å². The zero-order valence-corrected chi connectivity index (χ0v) is 12.1. The predicted molar refractivity (Wildman–Crippen MR) is 78.4 cm³/mol. The third kappa shape index (κ3) is 6.61. The van der Waals surface area contributed by atoms with Crippen molar-refractivity contribution in [3.05, 3.63) is 34.9 Å². The average molecular weight is 290 g/mol. The molecule has 18 heavy (non-hydrogen) atoms. The lowest BCUT2D eigenvalue weighted by molar-refractivity contribution is 0.0292. The molecular formula is C13H20ClNO2S. The molecule has 1 rings (SSSR count). The number of hydrogen-bond acceptors (Lipinski definition) is 4. The van der Waals surface area contributed by atoms with Crippen molar-refractivity contribution < 1.29 is 9.84 Å². The maximum absolute atomic E-state index is 9.67. The Morgan fingerprint density at radius 3 is 2.94 bits per heavy atom. The van der Waals surface area contributed by atoms with Crippen LogP contribution in [0.15, 0.2) is 24.3 Å². The maximum Gasteiger partial charge on any atom is 0.0897 e. The molecule has 0 aromatic heterocycles. The van der Waals surface area contributed by atoms with E-state index in [1.807, 2.05) is 24.3 Å². The minimum Gasteiger partial charge on any atom is -0.389 e. The minimum atomic E-state index is -0.477. The van der Waals surface area contributed by atoms with E-state index in [9.17, 15) is 5.11 Å². The molecule has 0 aliphatic carbocycles. The molecule has 1 aromatic carbocycles. The highest BCUT2D eigenvalue weighted by molar-refractivity contribution is 7.98. The Kier molecular flexibility index (Phi) is 8.46. The van der Waals surface area contributed by atoms with Crippen molar-refractivity contribution in [2.24, 2.45) is 0 Å². The Labute approximate surface area is 118 Å². The van der Waals surface area contributed by atoms with Gasteiger partial charge in [0, 0.05) is 23.9 Å². The zero-order chi connectivity index (χ0) is 13.2. The Morgan fingerprint density at radius 1 is 1.44 bits per heavy atom. The summed E-state index contributed by atoms with van der Waals surface area (Å²) in [6.45, 7) is 2.21. The van der Waals surface area contributed by atoms with Crippen LogP contribution in [0, 0.1) is 0 Å². The van der Waals surface area contributed by atoms with E-state index >= 15 is 0 Å². The smallest absolute Gasteiger partial charge is 0.0897 e. The molecular weight excluding hydrogens is 270 g/mol. The van der Waals surface area contributed by atoms with Crippen LogP contribution in [-0.4, -0.2) is 42.9 Å². The van der Waals surface area contributed by atoms with E-state index in [-0.39, 0.29) is 0 Å². The number of benzene rings is 1. The average Bonchev–Trinajstić information content (AvgIpc) is 2.37. The van der Waals surface area contributed by atoms with Crippen molar-refractivity contribution in [3.63, 3.8) is 0 Å². The quantitative estimate of drug-likeness (QED) is 0.684. The number of thioether (sulfide) groups is 1. The normalized spacial score (nSPS) is 12.6. The summed E-state index contributed by atoms with van der Waals surface area (Å²) in [7, 11) is 0. The molecule has 5 heteroatoms. The molecule has 1 atom stereocenters. The van der Waals surface area contributed by atoms with Crippen molar-refractivity contribution in [1.29, 1.82) is 0 Å². The number of aliphatic hydroxyl groups is 1. The summed E-state index contributed by atoms with van der Waals surface area (Å²) in [4.78, 5) is 0. The lowest BCUT2D eigenvalue weighted by atomic mass is 10.2. The SMILES string of the molecule is CSCCNCC(O)COCc1ccccc1Cl. The Hall–Kier alpha value is -0.260. The Bertz CT molecular complexity index is 339. The van der Waals surface area contributed by atoms with Gasteiger partial charge in [-0.3, -0.25) is 0 Å². The van der Waals surface area contributed by atoms with Gasteiger partial charge in [-0.2, -0.15) is 11.8 Å². The highest BCUT2D eigenvalue weighted by atomic mass is 35.5. The summed E-state index contributed by atoms with van der Waals surface area (Å²) in [5.41, 5.74) is 0.946. The molecule has 2 N–H and O–H groups in total. The summed E-state index contributed by atoms with van der Waals surface area (Å²) in [5, 5.41) is 13.5. The van der Waals surface area contributed by atoms with Gasteiger partial charge in [-0.1, -0.05) is 29.8 Å². The van der Waals surface area contributed by atoms with E-state index in [1.165, 1.54) is 0 Å². The van der Waals surface area contributed by atoms with Gasteiger partial charge in [0.2, 0.25) is 0 Å². The molecule has 1 aromatic rings. The molecule has 0 radical (unpaired) electrons. The molecule has 0 heterocycles. The zero-order valence-electron chi connectivity index (χ0n) is 10.6. The maximum atomic E-state index is 9.67. The first-order valence-electron chi connectivity index (χ1n) is 5.93. The van der Waals surface area contributed by atoms with Crippen molar-refractivity contribution in [2.75, 3.05) is 31.7 Å². The summed E-state index contributed by atoms with van der Waals surface area (Å²) in [6, 6.07) is 7.56. The van der Waals surface area contributed by atoms with Crippen molar-refractivity contribution in [2.45, 2.75) is 12.7 Å². The minimum absolute atomic E-state index is 0.317. The van der Waals surface area contributed by atoms with Crippen LogP contribution >= 0.6 is 23.4 Å². The van der Waals surface area contributed by atoms with Gasteiger partial charge in [-0.15, -0.1) is 0 Å². The molecule has 0 spiro atoms. The summed E-state index contributed by atoms with van der Waals surface area (Å²) < 4.78 is 5.44. The van der Waals surface area contributed by atoms with Crippen LogP contribution in [0.5, 0.6) is 0 Å². The molecule has 3 nitrogen and oxygen atoms in total. The fraction of sp³-hybridized carbons (Fsp3) is 0.538. The first kappa shape index (κ1) is 15.8. The number of rotatable bonds is 9. The van der Waals surface area contributed by atoms with E-state index < -0.39 is 6.10 Å². The fourth-order valence-corrected chi connectivity index (χ4v) is 1.96. The molecule has 0 aliphatic rings. The highest BCUT2D eigenvalue weighted by Crippen LogP contribution is 2.15. The van der Waals surface area contributed by atoms with Gasteiger partial charge in [0.05, 0.1) is 19.3 Å². The van der Waals surface area contributed by atoms with Crippen LogP contribution in [0.3, 0.4) is 0 Å². The molecule has 0 amide bonds. The first-order valence-corrected chi connectivity index (χ1v) is 7.70. The molecule has 0 fully saturated rings. The van der Waals surface area contributed by atoms with Gasteiger partial charge >= 0.3 is 0 Å². The second kappa shape index (κ2) is 9.64. The van der Waals surface area contributed by atoms with Crippen LogP contribution in [-0.2, 0) is 11.3 Å². The third-order valence-electron chi connectivity index (χ3n) is 2.39. The van der Waals surface area contributed by atoms with Gasteiger partial charge in [-0.25, -0.2) is 0 Å².